The SMILES string of the molecule is CCCC(O)(C#Cc1cccc(SCCCC(=O)C(F)F)c1)C(CC)CC. The highest BCUT2D eigenvalue weighted by atomic mass is 32.2. The fraction of sp³-hybridized carbons (Fsp3) is 0.591. The molecule has 1 unspecified atom stereocenters. The van der Waals surface area contributed by atoms with E-state index >= 15 is 0 Å². The zero-order valence-corrected chi connectivity index (χ0v) is 17.2. The van der Waals surface area contributed by atoms with Gasteiger partial charge in [0.05, 0.1) is 0 Å². The van der Waals surface area contributed by atoms with Crippen LogP contribution in [0.25, 0.3) is 0 Å². The van der Waals surface area contributed by atoms with Crippen LogP contribution < -0.4 is 0 Å². The van der Waals surface area contributed by atoms with Crippen LogP contribution in [0.15, 0.2) is 29.2 Å². The topological polar surface area (TPSA) is 37.3 Å². The van der Waals surface area contributed by atoms with Crippen LogP contribution >= 0.6 is 11.8 Å². The van der Waals surface area contributed by atoms with Gasteiger partial charge in [-0.25, -0.2) is 8.78 Å². The van der Waals surface area contributed by atoms with Crippen LogP contribution in [0.1, 0.15) is 64.9 Å². The number of alkyl halides is 2. The number of Topliss-reactive ketones (excluding diaryl/α,β-unsaturated/α-hetero) is 1. The van der Waals surface area contributed by atoms with Crippen LogP contribution in [0.3, 0.4) is 0 Å². The Hall–Kier alpha value is -1.38. The minimum absolute atomic E-state index is 0.0936. The van der Waals surface area contributed by atoms with E-state index < -0.39 is 17.8 Å². The van der Waals surface area contributed by atoms with Gasteiger partial charge in [0, 0.05) is 16.9 Å². The zero-order chi connectivity index (χ0) is 20.3. The van der Waals surface area contributed by atoms with Crippen molar-refractivity contribution in [3.8, 4) is 11.8 Å². The van der Waals surface area contributed by atoms with Gasteiger partial charge >= 0.3 is 0 Å². The molecule has 0 aliphatic heterocycles. The van der Waals surface area contributed by atoms with Gasteiger partial charge in [-0.15, -0.1) is 11.8 Å². The fourth-order valence-corrected chi connectivity index (χ4v) is 4.01. The summed E-state index contributed by atoms with van der Waals surface area (Å²) in [5.74, 6) is 5.98. The Bertz CT molecular complexity index is 647. The molecule has 0 fully saturated rings. The summed E-state index contributed by atoms with van der Waals surface area (Å²) in [5, 5.41) is 11.0. The lowest BCUT2D eigenvalue weighted by molar-refractivity contribution is -0.129. The molecule has 0 heterocycles. The number of benzene rings is 1. The van der Waals surface area contributed by atoms with E-state index in [1.807, 2.05) is 31.2 Å². The van der Waals surface area contributed by atoms with Crippen molar-refractivity contribution in [2.45, 2.75) is 76.2 Å². The van der Waals surface area contributed by atoms with Crippen LogP contribution in [-0.2, 0) is 4.79 Å². The smallest absolute Gasteiger partial charge is 0.295 e. The van der Waals surface area contributed by atoms with Gasteiger partial charge in [-0.3, -0.25) is 4.79 Å². The normalized spacial score (nSPS) is 13.3. The molecule has 150 valence electrons. The van der Waals surface area contributed by atoms with Crippen LogP contribution in [0, 0.1) is 17.8 Å². The highest BCUT2D eigenvalue weighted by molar-refractivity contribution is 7.99. The molecule has 1 aromatic rings. The van der Waals surface area contributed by atoms with Crippen molar-refractivity contribution < 1.29 is 18.7 Å². The molecular formula is C22H30F2O2S. The summed E-state index contributed by atoms with van der Waals surface area (Å²) in [6, 6.07) is 7.67. The van der Waals surface area contributed by atoms with Crippen molar-refractivity contribution in [3.05, 3.63) is 29.8 Å². The third-order valence-corrected chi connectivity index (χ3v) is 5.71. The number of halogens is 2. The molecule has 0 aliphatic carbocycles. The first kappa shape index (κ1) is 23.7. The average Bonchev–Trinajstić information content (AvgIpc) is 2.65. The van der Waals surface area contributed by atoms with E-state index in [1.54, 1.807) is 0 Å². The molecule has 0 saturated carbocycles. The van der Waals surface area contributed by atoms with Crippen molar-refractivity contribution in [2.75, 3.05) is 5.75 Å². The van der Waals surface area contributed by atoms with Gasteiger partial charge in [-0.2, -0.15) is 0 Å². The summed E-state index contributed by atoms with van der Waals surface area (Å²) in [6.07, 6.45) is 0.751. The van der Waals surface area contributed by atoms with Crippen molar-refractivity contribution in [2.24, 2.45) is 5.92 Å². The molecule has 0 bridgehead atoms. The zero-order valence-electron chi connectivity index (χ0n) is 16.4. The van der Waals surface area contributed by atoms with Gasteiger partial charge in [-0.05, 0) is 55.6 Å². The lowest BCUT2D eigenvalue weighted by Gasteiger charge is -2.30. The van der Waals surface area contributed by atoms with Crippen molar-refractivity contribution in [1.29, 1.82) is 0 Å². The number of rotatable bonds is 11. The van der Waals surface area contributed by atoms with E-state index in [4.69, 9.17) is 0 Å². The predicted molar refractivity (Wildman–Crippen MR) is 108 cm³/mol. The maximum atomic E-state index is 12.2. The molecule has 1 aromatic carbocycles. The van der Waals surface area contributed by atoms with Crippen molar-refractivity contribution in [3.63, 3.8) is 0 Å². The third kappa shape index (κ3) is 8.02. The summed E-state index contributed by atoms with van der Waals surface area (Å²) in [4.78, 5) is 11.9. The second kappa shape index (κ2) is 12.2. The predicted octanol–water partition coefficient (Wildman–Crippen LogP) is 5.71. The highest BCUT2D eigenvalue weighted by Crippen LogP contribution is 2.28. The minimum atomic E-state index is -2.87. The van der Waals surface area contributed by atoms with E-state index in [2.05, 4.69) is 25.7 Å². The third-order valence-electron chi connectivity index (χ3n) is 4.63. The van der Waals surface area contributed by atoms with E-state index in [9.17, 15) is 18.7 Å². The molecule has 5 heteroatoms. The molecule has 2 nitrogen and oxygen atoms in total. The molecule has 1 N–H and O–H groups in total. The molecule has 0 radical (unpaired) electrons. The summed E-state index contributed by atoms with van der Waals surface area (Å²) in [7, 11) is 0. The summed E-state index contributed by atoms with van der Waals surface area (Å²) >= 11 is 1.52. The minimum Gasteiger partial charge on any atom is -0.377 e. The van der Waals surface area contributed by atoms with Gasteiger partial charge in [0.2, 0.25) is 0 Å². The Morgan fingerprint density at radius 2 is 1.96 bits per heavy atom. The number of aliphatic hydroxyl groups is 1. The Kier molecular flexibility index (Phi) is 10.6. The Morgan fingerprint density at radius 1 is 1.26 bits per heavy atom. The largest absolute Gasteiger partial charge is 0.377 e. The molecule has 1 atom stereocenters. The van der Waals surface area contributed by atoms with E-state index in [1.165, 1.54) is 11.8 Å². The number of hydrogen-bond acceptors (Lipinski definition) is 3. The number of carbonyl (C=O) groups excluding carboxylic acids is 1. The van der Waals surface area contributed by atoms with Crippen LogP contribution in [-0.4, -0.2) is 28.7 Å². The van der Waals surface area contributed by atoms with Crippen molar-refractivity contribution in [1.82, 2.24) is 0 Å². The molecule has 0 saturated heterocycles. The second-order valence-electron chi connectivity index (χ2n) is 6.68. The Morgan fingerprint density at radius 3 is 2.56 bits per heavy atom. The summed E-state index contributed by atoms with van der Waals surface area (Å²) < 4.78 is 24.4. The summed E-state index contributed by atoms with van der Waals surface area (Å²) in [5.41, 5.74) is -0.152. The van der Waals surface area contributed by atoms with E-state index in [0.29, 0.717) is 18.6 Å². The standard InChI is InChI=1S/C22H30F2O2S/c1-4-13-22(26,18(5-2)6-3)14-12-17-9-7-10-19(16-17)27-15-8-11-20(25)21(23)24/h7,9-10,16,18,21,26H,4-6,8,11,13,15H2,1-3H3. The maximum absolute atomic E-state index is 12.2. The maximum Gasteiger partial charge on any atom is 0.295 e. The first-order chi connectivity index (χ1) is 12.9. The monoisotopic (exact) mass is 396 g/mol. The quantitative estimate of drug-likeness (QED) is 0.296. The molecule has 0 aromatic heterocycles. The highest BCUT2D eigenvalue weighted by Gasteiger charge is 2.31. The molecule has 0 amide bonds. The Balaban J connectivity index is 2.76. The van der Waals surface area contributed by atoms with Crippen molar-refractivity contribution >= 4 is 17.5 Å². The lowest BCUT2D eigenvalue weighted by Crippen LogP contribution is -2.35. The molecule has 27 heavy (non-hydrogen) atoms. The molecular weight excluding hydrogens is 366 g/mol. The van der Waals surface area contributed by atoms with E-state index in [0.717, 1.165) is 29.7 Å². The fourth-order valence-electron chi connectivity index (χ4n) is 3.10. The number of carbonyl (C=O) groups is 1. The van der Waals surface area contributed by atoms with Gasteiger partial charge in [0.1, 0.15) is 5.60 Å². The van der Waals surface area contributed by atoms with Gasteiger partial charge < -0.3 is 5.11 Å². The summed E-state index contributed by atoms with van der Waals surface area (Å²) in [6.45, 7) is 6.20. The van der Waals surface area contributed by atoms with Crippen LogP contribution in [0.2, 0.25) is 0 Å². The first-order valence-electron chi connectivity index (χ1n) is 9.65. The molecule has 1 rings (SSSR count). The number of thioether (sulfide) groups is 1. The molecule has 0 aliphatic rings. The average molecular weight is 397 g/mol. The van der Waals surface area contributed by atoms with Gasteiger partial charge in [0.15, 0.2) is 5.78 Å². The van der Waals surface area contributed by atoms with Crippen LogP contribution in [0.4, 0.5) is 8.78 Å². The molecule has 0 spiro atoms. The number of hydrogen-bond donors (Lipinski definition) is 1. The van der Waals surface area contributed by atoms with E-state index in [-0.39, 0.29) is 12.3 Å². The van der Waals surface area contributed by atoms with Gasteiger partial charge in [-0.1, -0.05) is 45.1 Å². The second-order valence-corrected chi connectivity index (χ2v) is 7.85. The van der Waals surface area contributed by atoms with Gasteiger partial charge in [0.25, 0.3) is 6.43 Å². The van der Waals surface area contributed by atoms with Crippen LogP contribution in [0.5, 0.6) is 0 Å². The lowest BCUT2D eigenvalue weighted by atomic mass is 9.80. The number of ketones is 1. The Labute approximate surface area is 166 Å². The first-order valence-corrected chi connectivity index (χ1v) is 10.6.